The van der Waals surface area contributed by atoms with Gasteiger partial charge in [-0.2, -0.15) is 0 Å². The first-order valence-corrected chi connectivity index (χ1v) is 6.94. The SMILES string of the molecule is CC(=Nc1cccc(N(O)C(C)(C)C)c1)c1ccccn1. The molecule has 0 amide bonds. The summed E-state index contributed by atoms with van der Waals surface area (Å²) in [6, 6.07) is 13.3. The minimum absolute atomic E-state index is 0.363. The van der Waals surface area contributed by atoms with Crippen molar-refractivity contribution in [3.63, 3.8) is 0 Å². The quantitative estimate of drug-likeness (QED) is 0.678. The summed E-state index contributed by atoms with van der Waals surface area (Å²) in [5.74, 6) is 0. The van der Waals surface area contributed by atoms with Crippen LogP contribution in [0.5, 0.6) is 0 Å². The van der Waals surface area contributed by atoms with Crippen molar-refractivity contribution in [2.24, 2.45) is 4.99 Å². The van der Waals surface area contributed by atoms with E-state index in [-0.39, 0.29) is 5.54 Å². The van der Waals surface area contributed by atoms with E-state index in [0.29, 0.717) is 0 Å². The van der Waals surface area contributed by atoms with Gasteiger partial charge >= 0.3 is 0 Å². The zero-order valence-corrected chi connectivity index (χ0v) is 12.9. The number of hydrogen-bond acceptors (Lipinski definition) is 4. The van der Waals surface area contributed by atoms with E-state index in [1.807, 2.05) is 70.2 Å². The van der Waals surface area contributed by atoms with E-state index in [0.717, 1.165) is 22.8 Å². The average Bonchev–Trinajstić information content (AvgIpc) is 2.46. The molecule has 0 saturated heterocycles. The molecule has 0 aliphatic rings. The molecule has 0 radical (unpaired) electrons. The van der Waals surface area contributed by atoms with Gasteiger partial charge in [0.15, 0.2) is 0 Å². The molecule has 21 heavy (non-hydrogen) atoms. The number of rotatable bonds is 3. The number of anilines is 1. The Bertz CT molecular complexity index is 630. The summed E-state index contributed by atoms with van der Waals surface area (Å²) in [6.45, 7) is 7.77. The smallest absolute Gasteiger partial charge is 0.0841 e. The standard InChI is InChI=1S/C17H21N3O/c1-13(16-10-5-6-11-18-16)19-14-8-7-9-15(12-14)20(21)17(2,3)4/h5-12,21H,1-4H3. The molecule has 0 aliphatic carbocycles. The molecule has 110 valence electrons. The third-order valence-electron chi connectivity index (χ3n) is 3.04. The maximum Gasteiger partial charge on any atom is 0.0841 e. The lowest BCUT2D eigenvalue weighted by Gasteiger charge is -2.31. The lowest BCUT2D eigenvalue weighted by molar-refractivity contribution is 0.181. The fraction of sp³-hybridized carbons (Fsp3) is 0.294. The van der Waals surface area contributed by atoms with Crippen LogP contribution in [-0.2, 0) is 0 Å². The van der Waals surface area contributed by atoms with Crippen LogP contribution in [-0.4, -0.2) is 21.4 Å². The largest absolute Gasteiger partial charge is 0.288 e. The number of aliphatic imine (C=N–C) groups is 1. The van der Waals surface area contributed by atoms with E-state index < -0.39 is 0 Å². The molecular formula is C17H21N3O. The van der Waals surface area contributed by atoms with Crippen LogP contribution in [0.4, 0.5) is 11.4 Å². The highest BCUT2D eigenvalue weighted by atomic mass is 16.5. The van der Waals surface area contributed by atoms with Crippen molar-refractivity contribution in [2.45, 2.75) is 33.2 Å². The van der Waals surface area contributed by atoms with Gasteiger partial charge in [0.2, 0.25) is 0 Å². The minimum atomic E-state index is -0.363. The maximum atomic E-state index is 10.2. The van der Waals surface area contributed by atoms with Crippen molar-refractivity contribution in [1.29, 1.82) is 0 Å². The first-order chi connectivity index (χ1) is 9.88. The van der Waals surface area contributed by atoms with Gasteiger partial charge < -0.3 is 0 Å². The Morgan fingerprint density at radius 1 is 1.14 bits per heavy atom. The lowest BCUT2D eigenvalue weighted by Crippen LogP contribution is -2.38. The Morgan fingerprint density at radius 3 is 2.52 bits per heavy atom. The van der Waals surface area contributed by atoms with Gasteiger partial charge in [-0.1, -0.05) is 12.1 Å². The summed E-state index contributed by atoms with van der Waals surface area (Å²) >= 11 is 0. The highest BCUT2D eigenvalue weighted by Gasteiger charge is 2.19. The fourth-order valence-electron chi connectivity index (χ4n) is 1.91. The molecule has 0 spiro atoms. The summed E-state index contributed by atoms with van der Waals surface area (Å²) in [6.07, 6.45) is 1.75. The molecule has 0 unspecified atom stereocenters. The number of benzene rings is 1. The summed E-state index contributed by atoms with van der Waals surface area (Å²) < 4.78 is 0. The minimum Gasteiger partial charge on any atom is -0.288 e. The number of hydrogen-bond donors (Lipinski definition) is 1. The van der Waals surface area contributed by atoms with Crippen LogP contribution < -0.4 is 5.06 Å². The molecule has 0 aliphatic heterocycles. The number of nitrogens with zero attached hydrogens (tertiary/aromatic N) is 3. The van der Waals surface area contributed by atoms with E-state index in [4.69, 9.17) is 0 Å². The van der Waals surface area contributed by atoms with E-state index in [9.17, 15) is 5.21 Å². The summed E-state index contributed by atoms with van der Waals surface area (Å²) in [4.78, 5) is 8.85. The second-order valence-corrected chi connectivity index (χ2v) is 5.91. The third kappa shape index (κ3) is 3.89. The van der Waals surface area contributed by atoms with Gasteiger partial charge in [-0.15, -0.1) is 0 Å². The molecule has 0 atom stereocenters. The molecule has 1 aromatic carbocycles. The van der Waals surface area contributed by atoms with Crippen molar-refractivity contribution in [1.82, 2.24) is 4.98 Å². The average molecular weight is 283 g/mol. The van der Waals surface area contributed by atoms with Crippen molar-refractivity contribution in [3.05, 3.63) is 54.4 Å². The Hall–Kier alpha value is -2.20. The summed E-state index contributed by atoms with van der Waals surface area (Å²) in [5.41, 5.74) is 2.84. The van der Waals surface area contributed by atoms with Gasteiger partial charge in [-0.3, -0.25) is 20.2 Å². The van der Waals surface area contributed by atoms with E-state index >= 15 is 0 Å². The Labute approximate surface area is 125 Å². The van der Waals surface area contributed by atoms with Gasteiger partial charge in [0.05, 0.1) is 28.3 Å². The first kappa shape index (κ1) is 15.2. The number of aromatic nitrogens is 1. The second-order valence-electron chi connectivity index (χ2n) is 5.91. The van der Waals surface area contributed by atoms with Crippen LogP contribution in [0, 0.1) is 0 Å². The van der Waals surface area contributed by atoms with Gasteiger partial charge in [-0.05, 0) is 58.0 Å². The van der Waals surface area contributed by atoms with Gasteiger partial charge in [0.25, 0.3) is 0 Å². The van der Waals surface area contributed by atoms with Crippen molar-refractivity contribution < 1.29 is 5.21 Å². The Balaban J connectivity index is 2.30. The first-order valence-electron chi connectivity index (χ1n) is 6.94. The normalized spacial score (nSPS) is 12.3. The third-order valence-corrected chi connectivity index (χ3v) is 3.04. The zero-order chi connectivity index (χ0) is 15.5. The van der Waals surface area contributed by atoms with Crippen LogP contribution in [0.3, 0.4) is 0 Å². The zero-order valence-electron chi connectivity index (χ0n) is 12.9. The molecule has 2 aromatic rings. The van der Waals surface area contributed by atoms with Crippen LogP contribution in [0.1, 0.15) is 33.4 Å². The van der Waals surface area contributed by atoms with E-state index in [1.54, 1.807) is 6.20 Å². The number of pyridine rings is 1. The molecule has 0 bridgehead atoms. The molecule has 4 nitrogen and oxygen atoms in total. The Morgan fingerprint density at radius 2 is 1.90 bits per heavy atom. The maximum absolute atomic E-state index is 10.2. The predicted octanol–water partition coefficient (Wildman–Crippen LogP) is 4.22. The molecule has 1 N–H and O–H groups in total. The summed E-state index contributed by atoms with van der Waals surface area (Å²) in [5, 5.41) is 11.5. The predicted molar refractivity (Wildman–Crippen MR) is 86.6 cm³/mol. The van der Waals surface area contributed by atoms with Crippen LogP contribution in [0.2, 0.25) is 0 Å². The monoisotopic (exact) mass is 283 g/mol. The lowest BCUT2D eigenvalue weighted by atomic mass is 10.1. The molecule has 4 heteroatoms. The molecule has 1 aromatic heterocycles. The van der Waals surface area contributed by atoms with Crippen molar-refractivity contribution >= 4 is 17.1 Å². The van der Waals surface area contributed by atoms with Gasteiger partial charge in [0, 0.05) is 6.20 Å². The van der Waals surface area contributed by atoms with Crippen LogP contribution in [0.15, 0.2) is 53.7 Å². The van der Waals surface area contributed by atoms with E-state index in [2.05, 4.69) is 9.98 Å². The van der Waals surface area contributed by atoms with Crippen molar-refractivity contribution in [2.75, 3.05) is 5.06 Å². The van der Waals surface area contributed by atoms with E-state index in [1.165, 1.54) is 5.06 Å². The molecule has 2 rings (SSSR count). The highest BCUT2D eigenvalue weighted by Crippen LogP contribution is 2.26. The van der Waals surface area contributed by atoms with Crippen LogP contribution >= 0.6 is 0 Å². The van der Waals surface area contributed by atoms with Crippen LogP contribution in [0.25, 0.3) is 0 Å². The second kappa shape index (κ2) is 6.06. The summed E-state index contributed by atoms with van der Waals surface area (Å²) in [7, 11) is 0. The van der Waals surface area contributed by atoms with Gasteiger partial charge in [-0.25, -0.2) is 0 Å². The molecule has 0 saturated carbocycles. The number of hydroxylamine groups is 1. The molecule has 1 heterocycles. The van der Waals surface area contributed by atoms with Crippen molar-refractivity contribution in [3.8, 4) is 0 Å². The highest BCUT2D eigenvalue weighted by molar-refractivity contribution is 5.98. The molecular weight excluding hydrogens is 262 g/mol. The fourth-order valence-corrected chi connectivity index (χ4v) is 1.91. The Kier molecular flexibility index (Phi) is 4.38. The van der Waals surface area contributed by atoms with Gasteiger partial charge in [0.1, 0.15) is 0 Å². The topological polar surface area (TPSA) is 48.7 Å². The molecule has 0 fully saturated rings.